The van der Waals surface area contributed by atoms with E-state index in [1.807, 2.05) is 19.9 Å². The van der Waals surface area contributed by atoms with E-state index in [9.17, 15) is 14.4 Å². The lowest BCUT2D eigenvalue weighted by molar-refractivity contribution is -0.123. The number of amides is 3. The quantitative estimate of drug-likeness (QED) is 0.610. The number of rotatable bonds is 6. The van der Waals surface area contributed by atoms with Gasteiger partial charge < -0.3 is 21.7 Å². The molecule has 1 aliphatic heterocycles. The molecule has 25 heavy (non-hydrogen) atoms. The molecule has 0 aromatic heterocycles. The standard InChI is InChI=1S/C18H26N4O3/c1-11(2)16(19)18(25)21-9-7-15(23)22-13-6-5-12-4-3-8-20-17(24)14(12)10-13/h5-6,10-11,16H,3-4,7-9,19H2,1-2H3,(H,20,24)(H,21,25)(H,22,23). The minimum atomic E-state index is -0.578. The number of anilines is 1. The fraction of sp³-hybridized carbons (Fsp3) is 0.500. The summed E-state index contributed by atoms with van der Waals surface area (Å²) in [7, 11) is 0. The smallest absolute Gasteiger partial charge is 0.251 e. The molecule has 7 nitrogen and oxygen atoms in total. The molecule has 1 heterocycles. The molecule has 1 aromatic rings. The predicted octanol–water partition coefficient (Wildman–Crippen LogP) is 0.791. The van der Waals surface area contributed by atoms with Crippen molar-refractivity contribution < 1.29 is 14.4 Å². The lowest BCUT2D eigenvalue weighted by Gasteiger charge is -2.15. The largest absolute Gasteiger partial charge is 0.354 e. The van der Waals surface area contributed by atoms with Gasteiger partial charge in [-0.1, -0.05) is 19.9 Å². The van der Waals surface area contributed by atoms with Gasteiger partial charge >= 0.3 is 0 Å². The van der Waals surface area contributed by atoms with Crippen LogP contribution in [0.1, 0.15) is 42.6 Å². The highest BCUT2D eigenvalue weighted by molar-refractivity contribution is 5.98. The average Bonchev–Trinajstić information content (AvgIpc) is 2.75. The molecule has 1 aromatic carbocycles. The highest BCUT2D eigenvalue weighted by Crippen LogP contribution is 2.19. The van der Waals surface area contributed by atoms with E-state index in [0.717, 1.165) is 18.4 Å². The molecule has 7 heteroatoms. The van der Waals surface area contributed by atoms with Crippen LogP contribution in [0.5, 0.6) is 0 Å². The van der Waals surface area contributed by atoms with Crippen molar-refractivity contribution in [3.63, 3.8) is 0 Å². The molecule has 136 valence electrons. The molecular formula is C18H26N4O3. The van der Waals surface area contributed by atoms with Crippen LogP contribution in [0.3, 0.4) is 0 Å². The van der Waals surface area contributed by atoms with Crippen LogP contribution in [-0.4, -0.2) is 36.9 Å². The number of benzene rings is 1. The van der Waals surface area contributed by atoms with Crippen molar-refractivity contribution in [1.82, 2.24) is 10.6 Å². The van der Waals surface area contributed by atoms with Crippen molar-refractivity contribution in [1.29, 1.82) is 0 Å². The Balaban J connectivity index is 1.87. The zero-order valence-corrected chi connectivity index (χ0v) is 14.7. The van der Waals surface area contributed by atoms with Gasteiger partial charge in [-0.05, 0) is 36.5 Å². The van der Waals surface area contributed by atoms with E-state index in [4.69, 9.17) is 5.73 Å². The van der Waals surface area contributed by atoms with Crippen LogP contribution in [0.25, 0.3) is 0 Å². The average molecular weight is 346 g/mol. The summed E-state index contributed by atoms with van der Waals surface area (Å²) >= 11 is 0. The van der Waals surface area contributed by atoms with Crippen LogP contribution in [0.2, 0.25) is 0 Å². The Morgan fingerprint density at radius 3 is 2.80 bits per heavy atom. The Labute approximate surface area is 147 Å². The SMILES string of the molecule is CC(C)C(N)C(=O)NCCC(=O)Nc1ccc2c(c1)C(=O)NCCC2. The zero-order valence-electron chi connectivity index (χ0n) is 14.7. The number of nitrogens with one attached hydrogen (secondary N) is 3. The third kappa shape index (κ3) is 5.29. The molecule has 0 saturated carbocycles. The number of carbonyl (C=O) groups excluding carboxylic acids is 3. The summed E-state index contributed by atoms with van der Waals surface area (Å²) in [5, 5.41) is 8.25. The van der Waals surface area contributed by atoms with Gasteiger partial charge in [0.25, 0.3) is 5.91 Å². The predicted molar refractivity (Wildman–Crippen MR) is 96.2 cm³/mol. The maximum Gasteiger partial charge on any atom is 0.251 e. The van der Waals surface area contributed by atoms with Gasteiger partial charge in [-0.3, -0.25) is 14.4 Å². The third-order valence-corrected chi connectivity index (χ3v) is 4.22. The van der Waals surface area contributed by atoms with Gasteiger partial charge in [0.2, 0.25) is 11.8 Å². The van der Waals surface area contributed by atoms with E-state index >= 15 is 0 Å². The molecular weight excluding hydrogens is 320 g/mol. The van der Waals surface area contributed by atoms with E-state index in [-0.39, 0.29) is 36.6 Å². The lowest BCUT2D eigenvalue weighted by Crippen LogP contribution is -2.44. The Kier molecular flexibility index (Phi) is 6.52. The molecule has 5 N–H and O–H groups in total. The molecule has 1 unspecified atom stereocenters. The Morgan fingerprint density at radius 2 is 2.08 bits per heavy atom. The highest BCUT2D eigenvalue weighted by atomic mass is 16.2. The number of hydrogen-bond acceptors (Lipinski definition) is 4. The van der Waals surface area contributed by atoms with Crippen LogP contribution in [-0.2, 0) is 16.0 Å². The molecule has 2 rings (SSSR count). The van der Waals surface area contributed by atoms with Crippen molar-refractivity contribution in [3.8, 4) is 0 Å². The number of nitrogens with two attached hydrogens (primary N) is 1. The molecule has 0 radical (unpaired) electrons. The second-order valence-electron chi connectivity index (χ2n) is 6.59. The summed E-state index contributed by atoms with van der Waals surface area (Å²) in [6.07, 6.45) is 1.88. The molecule has 3 amide bonds. The van der Waals surface area contributed by atoms with Gasteiger partial charge in [0.05, 0.1) is 6.04 Å². The number of fused-ring (bicyclic) bond motifs is 1. The highest BCUT2D eigenvalue weighted by Gasteiger charge is 2.18. The first-order chi connectivity index (χ1) is 11.9. The van der Waals surface area contributed by atoms with E-state index in [2.05, 4.69) is 16.0 Å². The number of hydrogen-bond donors (Lipinski definition) is 4. The van der Waals surface area contributed by atoms with E-state index < -0.39 is 6.04 Å². The maximum absolute atomic E-state index is 12.0. The van der Waals surface area contributed by atoms with Gasteiger partial charge in [-0.25, -0.2) is 0 Å². The monoisotopic (exact) mass is 346 g/mol. The Hall–Kier alpha value is -2.41. The fourth-order valence-electron chi connectivity index (χ4n) is 2.60. The topological polar surface area (TPSA) is 113 Å². The minimum Gasteiger partial charge on any atom is -0.354 e. The van der Waals surface area contributed by atoms with Crippen LogP contribution in [0.4, 0.5) is 5.69 Å². The first kappa shape index (κ1) is 18.9. The second kappa shape index (κ2) is 8.62. The Morgan fingerprint density at radius 1 is 1.32 bits per heavy atom. The van der Waals surface area contributed by atoms with Gasteiger partial charge in [-0.2, -0.15) is 0 Å². The third-order valence-electron chi connectivity index (χ3n) is 4.22. The molecule has 1 aliphatic rings. The van der Waals surface area contributed by atoms with Crippen molar-refractivity contribution >= 4 is 23.4 Å². The van der Waals surface area contributed by atoms with Gasteiger partial charge in [0, 0.05) is 30.8 Å². The molecule has 1 atom stereocenters. The van der Waals surface area contributed by atoms with Gasteiger partial charge in [0.15, 0.2) is 0 Å². The van der Waals surface area contributed by atoms with Crippen molar-refractivity contribution in [2.45, 2.75) is 39.2 Å². The van der Waals surface area contributed by atoms with Gasteiger partial charge in [-0.15, -0.1) is 0 Å². The zero-order chi connectivity index (χ0) is 18.4. The van der Waals surface area contributed by atoms with Gasteiger partial charge in [0.1, 0.15) is 0 Å². The summed E-state index contributed by atoms with van der Waals surface area (Å²) in [5.41, 5.74) is 7.91. The van der Waals surface area contributed by atoms with Crippen LogP contribution in [0.15, 0.2) is 18.2 Å². The van der Waals surface area contributed by atoms with E-state index in [1.165, 1.54) is 0 Å². The first-order valence-electron chi connectivity index (χ1n) is 8.62. The summed E-state index contributed by atoms with van der Waals surface area (Å²) in [6.45, 7) is 4.61. The van der Waals surface area contributed by atoms with Crippen LogP contribution in [0, 0.1) is 5.92 Å². The summed E-state index contributed by atoms with van der Waals surface area (Å²) in [6, 6.07) is 4.79. The number of aryl methyl sites for hydroxylation is 1. The number of carbonyl (C=O) groups is 3. The van der Waals surface area contributed by atoms with E-state index in [0.29, 0.717) is 17.8 Å². The molecule has 0 fully saturated rings. The summed E-state index contributed by atoms with van der Waals surface area (Å²) in [5.74, 6) is -0.560. The minimum absolute atomic E-state index is 0.0413. The maximum atomic E-state index is 12.0. The molecule has 0 saturated heterocycles. The molecule has 0 spiro atoms. The van der Waals surface area contributed by atoms with Crippen LogP contribution >= 0.6 is 0 Å². The lowest BCUT2D eigenvalue weighted by atomic mass is 10.0. The van der Waals surface area contributed by atoms with Crippen molar-refractivity contribution in [3.05, 3.63) is 29.3 Å². The molecule has 0 aliphatic carbocycles. The second-order valence-corrected chi connectivity index (χ2v) is 6.59. The molecule has 0 bridgehead atoms. The first-order valence-corrected chi connectivity index (χ1v) is 8.62. The normalized spacial score (nSPS) is 15.0. The van der Waals surface area contributed by atoms with Crippen LogP contribution < -0.4 is 21.7 Å². The van der Waals surface area contributed by atoms with Crippen molar-refractivity contribution in [2.75, 3.05) is 18.4 Å². The van der Waals surface area contributed by atoms with Crippen molar-refractivity contribution in [2.24, 2.45) is 11.7 Å². The Bertz CT molecular complexity index is 658. The summed E-state index contributed by atoms with van der Waals surface area (Å²) in [4.78, 5) is 35.8. The fourth-order valence-corrected chi connectivity index (χ4v) is 2.60. The summed E-state index contributed by atoms with van der Waals surface area (Å²) < 4.78 is 0. The van der Waals surface area contributed by atoms with E-state index in [1.54, 1.807) is 12.1 Å².